The van der Waals surface area contributed by atoms with Crippen LogP contribution in [0.25, 0.3) is 11.1 Å². The van der Waals surface area contributed by atoms with E-state index >= 15 is 0 Å². The first-order valence-electron chi connectivity index (χ1n) is 14.9. The molecular weight excluding hydrogens is 522 g/mol. The zero-order chi connectivity index (χ0) is 29.5. The normalized spacial score (nSPS) is 14.9. The molecule has 0 aliphatic heterocycles. The molecule has 0 bridgehead atoms. The molecule has 0 amide bonds. The summed E-state index contributed by atoms with van der Waals surface area (Å²) in [5.41, 5.74) is 10.4. The fourth-order valence-electron chi connectivity index (χ4n) is 5.90. The van der Waals surface area contributed by atoms with Crippen molar-refractivity contribution in [3.8, 4) is 16.9 Å². The number of fused-ring (bicyclic) bond motifs is 2. The summed E-state index contributed by atoms with van der Waals surface area (Å²) in [5, 5.41) is 0. The summed E-state index contributed by atoms with van der Waals surface area (Å²) in [6, 6.07) is 32.5. The van der Waals surface area contributed by atoms with Gasteiger partial charge in [-0.05, 0) is 84.8 Å². The highest BCUT2D eigenvalue weighted by Crippen LogP contribution is 2.38. The highest BCUT2D eigenvalue weighted by Gasteiger charge is 2.27. The summed E-state index contributed by atoms with van der Waals surface area (Å²) in [6.07, 6.45) is 1.92. The predicted octanol–water partition coefficient (Wildman–Crippen LogP) is 6.98. The molecular formula is C37H41NO4. The molecule has 5 rings (SSSR count). The maximum atomic E-state index is 12.1. The Balaban J connectivity index is 1.29. The van der Waals surface area contributed by atoms with E-state index in [4.69, 9.17) is 14.2 Å². The van der Waals surface area contributed by atoms with Gasteiger partial charge in [-0.1, -0.05) is 84.4 Å². The second-order valence-electron chi connectivity index (χ2n) is 11.0. The third-order valence-corrected chi connectivity index (χ3v) is 8.13. The molecule has 5 nitrogen and oxygen atoms in total. The van der Waals surface area contributed by atoms with Crippen LogP contribution in [-0.4, -0.2) is 50.9 Å². The summed E-state index contributed by atoms with van der Waals surface area (Å²) in [6.45, 7) is 5.65. The molecule has 42 heavy (non-hydrogen) atoms. The van der Waals surface area contributed by atoms with Gasteiger partial charge in [-0.2, -0.15) is 0 Å². The lowest BCUT2D eigenvalue weighted by Crippen LogP contribution is -2.30. The van der Waals surface area contributed by atoms with Gasteiger partial charge in [0, 0.05) is 20.1 Å². The van der Waals surface area contributed by atoms with Crippen molar-refractivity contribution in [2.75, 3.05) is 33.9 Å². The molecule has 0 radical (unpaired) electrons. The van der Waals surface area contributed by atoms with E-state index < -0.39 is 6.10 Å². The molecule has 0 aromatic heterocycles. The molecule has 0 fully saturated rings. The number of ether oxygens (including phenoxy) is 3. The second-order valence-corrected chi connectivity index (χ2v) is 11.0. The van der Waals surface area contributed by atoms with E-state index in [2.05, 4.69) is 85.6 Å². The lowest BCUT2D eigenvalue weighted by Gasteiger charge is -2.30. The first kappa shape index (κ1) is 29.6. The van der Waals surface area contributed by atoms with Gasteiger partial charge < -0.3 is 14.2 Å². The highest BCUT2D eigenvalue weighted by atomic mass is 16.6. The monoisotopic (exact) mass is 563 g/mol. The lowest BCUT2D eigenvalue weighted by molar-refractivity contribution is -0.154. The Hall–Kier alpha value is -3.93. The summed E-state index contributed by atoms with van der Waals surface area (Å²) >= 11 is 0. The SMILES string of the molecule is CCOC(=O)C(Cc1ccc(OCCN(C)C2c3ccc(C)cc3CCc3cc(-c4ccccc4)ccc32)cc1)OC. The average Bonchev–Trinajstić information content (AvgIpc) is 3.17. The minimum atomic E-state index is -0.608. The smallest absolute Gasteiger partial charge is 0.335 e. The summed E-state index contributed by atoms with van der Waals surface area (Å²) in [5.74, 6) is 0.471. The van der Waals surface area contributed by atoms with Gasteiger partial charge in [0.25, 0.3) is 0 Å². The van der Waals surface area contributed by atoms with Gasteiger partial charge in [-0.25, -0.2) is 4.79 Å². The molecule has 1 aliphatic carbocycles. The number of carbonyl (C=O) groups excluding carboxylic acids is 1. The standard InChI is InChI=1S/C37H41NO4/c1-5-41-37(39)35(40-4)24-27-12-17-32(18-13-27)42-22-21-38(3)36-33-19-11-26(2)23-30(33)14-15-31-25-29(16-20-34(31)36)28-9-7-6-8-10-28/h6-13,16-20,23,25,35-36H,5,14-15,21-22,24H2,1-4H3. The zero-order valence-electron chi connectivity index (χ0n) is 25.1. The summed E-state index contributed by atoms with van der Waals surface area (Å²) in [7, 11) is 3.73. The molecule has 5 heteroatoms. The Morgan fingerprint density at radius 1 is 0.881 bits per heavy atom. The Morgan fingerprint density at radius 3 is 2.26 bits per heavy atom. The number of aryl methyl sites for hydroxylation is 3. The van der Waals surface area contributed by atoms with Crippen LogP contribution in [0, 0.1) is 6.92 Å². The largest absolute Gasteiger partial charge is 0.492 e. The van der Waals surface area contributed by atoms with Crippen molar-refractivity contribution in [1.82, 2.24) is 4.90 Å². The number of carbonyl (C=O) groups is 1. The zero-order valence-corrected chi connectivity index (χ0v) is 25.1. The predicted molar refractivity (Wildman–Crippen MR) is 168 cm³/mol. The minimum Gasteiger partial charge on any atom is -0.492 e. The number of nitrogens with zero attached hydrogens (tertiary/aromatic N) is 1. The Kier molecular flexibility index (Phi) is 9.73. The van der Waals surface area contributed by atoms with E-state index in [0.717, 1.165) is 30.7 Å². The van der Waals surface area contributed by atoms with Crippen molar-refractivity contribution in [2.45, 2.75) is 45.3 Å². The summed E-state index contributed by atoms with van der Waals surface area (Å²) < 4.78 is 16.6. The molecule has 0 heterocycles. The molecule has 2 atom stereocenters. The van der Waals surface area contributed by atoms with Gasteiger partial charge in [0.1, 0.15) is 12.4 Å². The van der Waals surface area contributed by atoms with Crippen LogP contribution in [0.5, 0.6) is 5.75 Å². The van der Waals surface area contributed by atoms with Crippen LogP contribution in [0.15, 0.2) is 91.0 Å². The van der Waals surface area contributed by atoms with Gasteiger partial charge >= 0.3 is 5.97 Å². The van der Waals surface area contributed by atoms with E-state index in [1.54, 1.807) is 6.92 Å². The van der Waals surface area contributed by atoms with Crippen LogP contribution in [0.4, 0.5) is 0 Å². The quantitative estimate of drug-likeness (QED) is 0.184. The Labute approximate surface area is 250 Å². The number of likely N-dealkylation sites (N-methyl/N-ethyl adjacent to an activating group) is 1. The van der Waals surface area contributed by atoms with E-state index in [9.17, 15) is 4.79 Å². The molecule has 0 N–H and O–H groups in total. The molecule has 218 valence electrons. The third-order valence-electron chi connectivity index (χ3n) is 8.13. The topological polar surface area (TPSA) is 48.0 Å². The maximum absolute atomic E-state index is 12.1. The van der Waals surface area contributed by atoms with Crippen molar-refractivity contribution < 1.29 is 19.0 Å². The van der Waals surface area contributed by atoms with Crippen molar-refractivity contribution in [3.05, 3.63) is 124 Å². The molecule has 0 saturated heterocycles. The number of rotatable bonds is 11. The van der Waals surface area contributed by atoms with Gasteiger partial charge in [0.2, 0.25) is 0 Å². The van der Waals surface area contributed by atoms with Gasteiger partial charge in [-0.15, -0.1) is 0 Å². The van der Waals surface area contributed by atoms with Gasteiger partial charge in [0.15, 0.2) is 6.10 Å². The fourth-order valence-corrected chi connectivity index (χ4v) is 5.90. The minimum absolute atomic E-state index is 0.155. The number of esters is 1. The molecule has 4 aromatic carbocycles. The maximum Gasteiger partial charge on any atom is 0.335 e. The van der Waals surface area contributed by atoms with E-state index in [1.807, 2.05) is 24.3 Å². The summed E-state index contributed by atoms with van der Waals surface area (Å²) in [4.78, 5) is 14.5. The molecule has 4 aromatic rings. The first-order chi connectivity index (χ1) is 20.5. The van der Waals surface area contributed by atoms with Gasteiger partial charge in [0.05, 0.1) is 12.6 Å². The molecule has 2 unspecified atom stereocenters. The van der Waals surface area contributed by atoms with Crippen LogP contribution >= 0.6 is 0 Å². The van der Waals surface area contributed by atoms with Crippen LogP contribution in [0.1, 0.15) is 46.3 Å². The number of methoxy groups -OCH3 is 1. The number of hydrogen-bond acceptors (Lipinski definition) is 5. The van der Waals surface area contributed by atoms with Crippen LogP contribution < -0.4 is 4.74 Å². The van der Waals surface area contributed by atoms with Crippen molar-refractivity contribution >= 4 is 5.97 Å². The number of hydrogen-bond donors (Lipinski definition) is 0. The van der Waals surface area contributed by atoms with E-state index in [1.165, 1.54) is 46.1 Å². The van der Waals surface area contributed by atoms with Gasteiger partial charge in [-0.3, -0.25) is 4.90 Å². The van der Waals surface area contributed by atoms with E-state index in [0.29, 0.717) is 19.6 Å². The Morgan fingerprint density at radius 2 is 1.57 bits per heavy atom. The highest BCUT2D eigenvalue weighted by molar-refractivity contribution is 5.75. The Bertz CT molecular complexity index is 1480. The first-order valence-corrected chi connectivity index (χ1v) is 14.9. The second kappa shape index (κ2) is 13.8. The van der Waals surface area contributed by atoms with Crippen LogP contribution in [0.2, 0.25) is 0 Å². The van der Waals surface area contributed by atoms with Crippen LogP contribution in [0.3, 0.4) is 0 Å². The molecule has 0 spiro atoms. The van der Waals surface area contributed by atoms with E-state index in [-0.39, 0.29) is 12.0 Å². The van der Waals surface area contributed by atoms with Crippen molar-refractivity contribution in [3.63, 3.8) is 0 Å². The fraction of sp³-hybridized carbons (Fsp3) is 0.324. The molecule has 0 saturated carbocycles. The lowest BCUT2D eigenvalue weighted by atomic mass is 9.91. The third kappa shape index (κ3) is 6.92. The number of benzene rings is 4. The van der Waals surface area contributed by atoms with Crippen molar-refractivity contribution in [2.24, 2.45) is 0 Å². The average molecular weight is 564 g/mol. The van der Waals surface area contributed by atoms with Crippen molar-refractivity contribution in [1.29, 1.82) is 0 Å². The van der Waals surface area contributed by atoms with Crippen LogP contribution in [-0.2, 0) is 33.5 Å². The molecule has 1 aliphatic rings.